The van der Waals surface area contributed by atoms with Gasteiger partial charge in [-0.2, -0.15) is 9.57 Å². The Morgan fingerprint density at radius 3 is 2.82 bits per heavy atom. The predicted octanol–water partition coefficient (Wildman–Crippen LogP) is 0.588. The Morgan fingerprint density at radius 2 is 2.29 bits per heavy atom. The summed E-state index contributed by atoms with van der Waals surface area (Å²) in [5, 5.41) is 8.34. The van der Waals surface area contributed by atoms with Crippen LogP contribution in [0.1, 0.15) is 13.3 Å². The monoisotopic (exact) mass is 254 g/mol. The molecule has 0 spiro atoms. The summed E-state index contributed by atoms with van der Waals surface area (Å²) in [7, 11) is -3.71. The van der Waals surface area contributed by atoms with Gasteiger partial charge in [0.15, 0.2) is 5.03 Å². The molecule has 0 saturated heterocycles. The highest BCUT2D eigenvalue weighted by molar-refractivity contribution is 7.89. The van der Waals surface area contributed by atoms with Gasteiger partial charge >= 0.3 is 0 Å². The van der Waals surface area contributed by atoms with Gasteiger partial charge < -0.3 is 5.73 Å². The van der Waals surface area contributed by atoms with Crippen LogP contribution in [0.25, 0.3) is 0 Å². The third-order valence-electron chi connectivity index (χ3n) is 2.21. The summed E-state index contributed by atoms with van der Waals surface area (Å²) in [6.07, 6.45) is 1.52. The van der Waals surface area contributed by atoms with Gasteiger partial charge in [0.1, 0.15) is 0 Å². The van der Waals surface area contributed by atoms with Crippen LogP contribution in [0, 0.1) is 11.3 Å². The molecule has 17 heavy (non-hydrogen) atoms. The molecule has 1 heterocycles. The van der Waals surface area contributed by atoms with E-state index in [1.54, 1.807) is 13.0 Å². The van der Waals surface area contributed by atoms with E-state index in [0.29, 0.717) is 0 Å². The van der Waals surface area contributed by atoms with Crippen molar-refractivity contribution in [1.82, 2.24) is 9.29 Å². The van der Waals surface area contributed by atoms with Crippen LogP contribution in [0.15, 0.2) is 23.4 Å². The molecule has 6 nitrogen and oxygen atoms in total. The van der Waals surface area contributed by atoms with Gasteiger partial charge in [-0.25, -0.2) is 13.4 Å². The van der Waals surface area contributed by atoms with Gasteiger partial charge in [0, 0.05) is 25.7 Å². The first kappa shape index (κ1) is 13.4. The lowest BCUT2D eigenvalue weighted by molar-refractivity contribution is 0.433. The summed E-state index contributed by atoms with van der Waals surface area (Å²) in [5.41, 5.74) is 5.71. The van der Waals surface area contributed by atoms with Crippen LogP contribution in [0.5, 0.6) is 0 Å². The maximum absolute atomic E-state index is 12.2. The van der Waals surface area contributed by atoms with Crippen LogP contribution < -0.4 is 5.73 Å². The van der Waals surface area contributed by atoms with Crippen LogP contribution in [0.4, 0.5) is 5.69 Å². The van der Waals surface area contributed by atoms with Crippen molar-refractivity contribution < 1.29 is 8.42 Å². The van der Waals surface area contributed by atoms with Crippen LogP contribution >= 0.6 is 0 Å². The predicted molar refractivity (Wildman–Crippen MR) is 63.3 cm³/mol. The summed E-state index contributed by atoms with van der Waals surface area (Å²) < 4.78 is 25.5. The SMILES string of the molecule is CCN(CCC#N)S(=O)(=O)c1ncccc1N. The largest absolute Gasteiger partial charge is 0.396 e. The molecule has 92 valence electrons. The number of hydrogen-bond acceptors (Lipinski definition) is 5. The molecule has 2 N–H and O–H groups in total. The number of sulfonamides is 1. The van der Waals surface area contributed by atoms with Gasteiger partial charge in [-0.1, -0.05) is 6.92 Å². The fraction of sp³-hybridized carbons (Fsp3) is 0.400. The molecule has 0 aliphatic carbocycles. The molecule has 0 unspecified atom stereocenters. The molecule has 0 saturated carbocycles. The number of nitriles is 1. The number of rotatable bonds is 5. The van der Waals surface area contributed by atoms with Gasteiger partial charge in [0.05, 0.1) is 11.8 Å². The number of nitrogen functional groups attached to an aromatic ring is 1. The van der Waals surface area contributed by atoms with Crippen molar-refractivity contribution in [3.8, 4) is 6.07 Å². The summed E-state index contributed by atoms with van der Waals surface area (Å²) in [5.74, 6) is 0. The van der Waals surface area contributed by atoms with Crippen molar-refractivity contribution in [3.63, 3.8) is 0 Å². The summed E-state index contributed by atoms with van der Waals surface area (Å²) >= 11 is 0. The van der Waals surface area contributed by atoms with Gasteiger partial charge in [-0.3, -0.25) is 0 Å². The standard InChI is InChI=1S/C10H14N4O2S/c1-2-14(8-4-6-11)17(15,16)10-9(12)5-3-7-13-10/h3,5,7H,2,4,8,12H2,1H3. The quantitative estimate of drug-likeness (QED) is 0.828. The molecule has 0 aliphatic heterocycles. The maximum Gasteiger partial charge on any atom is 0.262 e. The average molecular weight is 254 g/mol. The van der Waals surface area contributed by atoms with Crippen molar-refractivity contribution >= 4 is 15.7 Å². The van der Waals surface area contributed by atoms with E-state index in [2.05, 4.69) is 4.98 Å². The minimum atomic E-state index is -3.71. The Bertz CT molecular complexity index is 521. The summed E-state index contributed by atoms with van der Waals surface area (Å²) in [6, 6.07) is 4.97. The molecule has 0 radical (unpaired) electrons. The third kappa shape index (κ3) is 2.93. The zero-order valence-electron chi connectivity index (χ0n) is 9.50. The Labute approximate surface area is 101 Å². The van der Waals surface area contributed by atoms with Crippen molar-refractivity contribution in [2.45, 2.75) is 18.4 Å². The molecule has 1 aromatic heterocycles. The smallest absolute Gasteiger partial charge is 0.262 e. The molecule has 0 amide bonds. The van der Waals surface area contributed by atoms with Crippen molar-refractivity contribution in [3.05, 3.63) is 18.3 Å². The topological polar surface area (TPSA) is 100 Å². The zero-order chi connectivity index (χ0) is 12.9. The highest BCUT2D eigenvalue weighted by Crippen LogP contribution is 2.19. The molecule has 0 atom stereocenters. The van der Waals surface area contributed by atoms with E-state index in [9.17, 15) is 8.42 Å². The molecule has 0 bridgehead atoms. The summed E-state index contributed by atoms with van der Waals surface area (Å²) in [6.45, 7) is 2.12. The van der Waals surface area contributed by atoms with Gasteiger partial charge in [0.2, 0.25) is 0 Å². The van der Waals surface area contributed by atoms with E-state index >= 15 is 0 Å². The number of nitrogens with two attached hydrogens (primary N) is 1. The molecule has 7 heteroatoms. The Balaban J connectivity index is 3.10. The maximum atomic E-state index is 12.2. The molecule has 0 aliphatic rings. The second-order valence-corrected chi connectivity index (χ2v) is 5.16. The van der Waals surface area contributed by atoms with Crippen LogP contribution in [-0.4, -0.2) is 30.8 Å². The third-order valence-corrected chi connectivity index (χ3v) is 4.16. The van der Waals surface area contributed by atoms with Crippen molar-refractivity contribution in [1.29, 1.82) is 5.26 Å². The van der Waals surface area contributed by atoms with Gasteiger partial charge in [0.25, 0.3) is 10.0 Å². The van der Waals surface area contributed by atoms with E-state index < -0.39 is 10.0 Å². The van der Waals surface area contributed by atoms with Crippen LogP contribution in [0.3, 0.4) is 0 Å². The number of nitrogens with zero attached hydrogens (tertiary/aromatic N) is 3. The fourth-order valence-corrected chi connectivity index (χ4v) is 2.84. The van der Waals surface area contributed by atoms with E-state index in [1.165, 1.54) is 16.6 Å². The number of aromatic nitrogens is 1. The zero-order valence-corrected chi connectivity index (χ0v) is 10.3. The molecule has 0 aromatic carbocycles. The van der Waals surface area contributed by atoms with Gasteiger partial charge in [-0.15, -0.1) is 0 Å². The Hall–Kier alpha value is -1.65. The van der Waals surface area contributed by atoms with Gasteiger partial charge in [-0.05, 0) is 12.1 Å². The first-order valence-corrected chi connectivity index (χ1v) is 6.55. The first-order valence-electron chi connectivity index (χ1n) is 5.11. The normalized spacial score (nSPS) is 11.4. The highest BCUT2D eigenvalue weighted by atomic mass is 32.2. The number of anilines is 1. The average Bonchev–Trinajstić information content (AvgIpc) is 2.30. The number of hydrogen-bond donors (Lipinski definition) is 1. The second kappa shape index (κ2) is 5.61. The minimum absolute atomic E-state index is 0.114. The van der Waals surface area contributed by atoms with Crippen molar-refractivity contribution in [2.24, 2.45) is 0 Å². The Kier molecular flexibility index (Phi) is 4.43. The lowest BCUT2D eigenvalue weighted by Gasteiger charge is -2.19. The van der Waals surface area contributed by atoms with Crippen LogP contribution in [-0.2, 0) is 10.0 Å². The Morgan fingerprint density at radius 1 is 1.59 bits per heavy atom. The minimum Gasteiger partial charge on any atom is -0.396 e. The fourth-order valence-electron chi connectivity index (χ4n) is 1.36. The van der Waals surface area contributed by atoms with Crippen LogP contribution in [0.2, 0.25) is 0 Å². The van der Waals surface area contributed by atoms with Crippen molar-refractivity contribution in [2.75, 3.05) is 18.8 Å². The molecule has 1 rings (SSSR count). The lowest BCUT2D eigenvalue weighted by atomic mass is 10.4. The molecular weight excluding hydrogens is 240 g/mol. The van der Waals surface area contributed by atoms with E-state index in [1.807, 2.05) is 6.07 Å². The van der Waals surface area contributed by atoms with E-state index in [4.69, 9.17) is 11.0 Å². The molecule has 1 aromatic rings. The summed E-state index contributed by atoms with van der Waals surface area (Å²) in [4.78, 5) is 3.79. The first-order chi connectivity index (χ1) is 8.04. The highest BCUT2D eigenvalue weighted by Gasteiger charge is 2.25. The second-order valence-electron chi connectivity index (χ2n) is 3.30. The molecular formula is C10H14N4O2S. The molecule has 0 fully saturated rings. The van der Waals surface area contributed by atoms with E-state index in [-0.39, 0.29) is 30.2 Å². The lowest BCUT2D eigenvalue weighted by Crippen LogP contribution is -2.32. The van der Waals surface area contributed by atoms with E-state index in [0.717, 1.165) is 0 Å². The number of pyridine rings is 1.